The second-order valence-electron chi connectivity index (χ2n) is 5.14. The molecule has 0 saturated carbocycles. The van der Waals surface area contributed by atoms with E-state index in [0.29, 0.717) is 17.0 Å². The highest BCUT2D eigenvalue weighted by Gasteiger charge is 2.25. The summed E-state index contributed by atoms with van der Waals surface area (Å²) < 4.78 is 18.6. The maximum absolute atomic E-state index is 13.4. The van der Waals surface area contributed by atoms with Crippen molar-refractivity contribution < 1.29 is 9.13 Å². The molecule has 2 rings (SSSR count). The molecule has 0 amide bonds. The quantitative estimate of drug-likeness (QED) is 0.714. The molecule has 102 valence electrons. The number of rotatable bonds is 5. The lowest BCUT2D eigenvalue weighted by Gasteiger charge is -2.28. The maximum atomic E-state index is 13.4. The SMILES string of the molecule is CC(C)(F)Oc1cccc(C(=N)C(=N)C2CNC2)c1. The van der Waals surface area contributed by atoms with E-state index in [0.717, 1.165) is 13.1 Å². The Morgan fingerprint density at radius 2 is 2.05 bits per heavy atom. The fourth-order valence-electron chi connectivity index (χ4n) is 1.85. The molecule has 0 bridgehead atoms. The molecular weight excluding hydrogens is 245 g/mol. The molecule has 1 aromatic rings. The first kappa shape index (κ1) is 13.7. The van der Waals surface area contributed by atoms with E-state index in [1.807, 2.05) is 0 Å². The molecule has 1 saturated heterocycles. The first-order valence-corrected chi connectivity index (χ1v) is 6.23. The lowest BCUT2D eigenvalue weighted by molar-refractivity contribution is -0.0257. The summed E-state index contributed by atoms with van der Waals surface area (Å²) in [5.41, 5.74) is 1.07. The topological polar surface area (TPSA) is 69.0 Å². The van der Waals surface area contributed by atoms with Gasteiger partial charge in [0.1, 0.15) is 5.75 Å². The zero-order valence-corrected chi connectivity index (χ0v) is 11.1. The van der Waals surface area contributed by atoms with Crippen molar-refractivity contribution in [2.45, 2.75) is 19.7 Å². The Kier molecular flexibility index (Phi) is 3.66. The van der Waals surface area contributed by atoms with Gasteiger partial charge in [-0.3, -0.25) is 5.41 Å². The predicted molar refractivity (Wildman–Crippen MR) is 73.2 cm³/mol. The van der Waals surface area contributed by atoms with Crippen molar-refractivity contribution in [3.63, 3.8) is 0 Å². The molecule has 4 nitrogen and oxygen atoms in total. The summed E-state index contributed by atoms with van der Waals surface area (Å²) in [7, 11) is 0. The Balaban J connectivity index is 2.13. The van der Waals surface area contributed by atoms with Gasteiger partial charge in [-0.25, -0.2) is 0 Å². The molecular formula is C14H18FN3O. The highest BCUT2D eigenvalue weighted by molar-refractivity contribution is 6.47. The smallest absolute Gasteiger partial charge is 0.242 e. The standard InChI is InChI=1S/C14H18FN3O/c1-14(2,15)19-11-5-3-4-9(6-11)12(16)13(17)10-7-18-8-10/h3-6,10,16-18H,7-8H2,1-2H3. The molecule has 0 radical (unpaired) electrons. The van der Waals surface area contributed by atoms with E-state index in [2.05, 4.69) is 5.32 Å². The average Bonchev–Trinajstić information content (AvgIpc) is 2.23. The number of hydrogen-bond acceptors (Lipinski definition) is 4. The van der Waals surface area contributed by atoms with Gasteiger partial charge in [-0.05, 0) is 12.1 Å². The summed E-state index contributed by atoms with van der Waals surface area (Å²) in [6.07, 6.45) is 0. The molecule has 5 heteroatoms. The van der Waals surface area contributed by atoms with Crippen LogP contribution in [-0.4, -0.2) is 30.4 Å². The van der Waals surface area contributed by atoms with Crippen LogP contribution in [0.3, 0.4) is 0 Å². The lowest BCUT2D eigenvalue weighted by atomic mass is 9.91. The summed E-state index contributed by atoms with van der Waals surface area (Å²) in [6.45, 7) is 4.14. The van der Waals surface area contributed by atoms with Crippen molar-refractivity contribution in [2.75, 3.05) is 13.1 Å². The van der Waals surface area contributed by atoms with Gasteiger partial charge in [0.25, 0.3) is 0 Å². The van der Waals surface area contributed by atoms with E-state index in [1.54, 1.807) is 24.3 Å². The van der Waals surface area contributed by atoms with Crippen molar-refractivity contribution in [1.29, 1.82) is 10.8 Å². The van der Waals surface area contributed by atoms with Gasteiger partial charge in [0.2, 0.25) is 5.85 Å². The number of halogens is 1. The molecule has 1 aromatic carbocycles. The molecule has 1 aliphatic heterocycles. The van der Waals surface area contributed by atoms with Crippen LogP contribution in [0.2, 0.25) is 0 Å². The largest absolute Gasteiger partial charge is 0.459 e. The van der Waals surface area contributed by atoms with Gasteiger partial charge >= 0.3 is 0 Å². The van der Waals surface area contributed by atoms with E-state index in [4.69, 9.17) is 15.6 Å². The van der Waals surface area contributed by atoms with Gasteiger partial charge in [0.15, 0.2) is 0 Å². The number of benzene rings is 1. The Hall–Kier alpha value is -1.75. The van der Waals surface area contributed by atoms with Crippen LogP contribution in [-0.2, 0) is 0 Å². The molecule has 1 heterocycles. The Morgan fingerprint density at radius 1 is 1.37 bits per heavy atom. The second kappa shape index (κ2) is 5.09. The lowest BCUT2D eigenvalue weighted by Crippen LogP contribution is -2.48. The van der Waals surface area contributed by atoms with Crippen LogP contribution in [0.5, 0.6) is 5.75 Å². The molecule has 19 heavy (non-hydrogen) atoms. The molecule has 0 unspecified atom stereocenters. The minimum atomic E-state index is -1.76. The van der Waals surface area contributed by atoms with Crippen molar-refractivity contribution in [3.8, 4) is 5.75 Å². The summed E-state index contributed by atoms with van der Waals surface area (Å²) in [5.74, 6) is -1.28. The van der Waals surface area contributed by atoms with Crippen molar-refractivity contribution >= 4 is 11.4 Å². The molecule has 0 atom stereocenters. The van der Waals surface area contributed by atoms with E-state index < -0.39 is 5.85 Å². The van der Waals surface area contributed by atoms with E-state index >= 15 is 0 Å². The molecule has 3 N–H and O–H groups in total. The van der Waals surface area contributed by atoms with Crippen molar-refractivity contribution in [2.24, 2.45) is 5.92 Å². The Morgan fingerprint density at radius 3 is 2.58 bits per heavy atom. The fourth-order valence-corrected chi connectivity index (χ4v) is 1.85. The Labute approximate surface area is 112 Å². The van der Waals surface area contributed by atoms with Crippen LogP contribution >= 0.6 is 0 Å². The molecule has 0 spiro atoms. The summed E-state index contributed by atoms with van der Waals surface area (Å²) in [5, 5.41) is 19.1. The van der Waals surface area contributed by atoms with Crippen LogP contribution in [0, 0.1) is 16.7 Å². The molecule has 0 aromatic heterocycles. The van der Waals surface area contributed by atoms with Gasteiger partial charge in [-0.1, -0.05) is 12.1 Å². The van der Waals surface area contributed by atoms with Crippen LogP contribution in [0.25, 0.3) is 0 Å². The summed E-state index contributed by atoms with van der Waals surface area (Å²) >= 11 is 0. The van der Waals surface area contributed by atoms with E-state index in [9.17, 15) is 4.39 Å². The molecule has 0 aliphatic carbocycles. The van der Waals surface area contributed by atoms with Crippen LogP contribution in [0.1, 0.15) is 19.4 Å². The summed E-state index contributed by atoms with van der Waals surface area (Å²) in [4.78, 5) is 0. The van der Waals surface area contributed by atoms with E-state index in [1.165, 1.54) is 13.8 Å². The number of nitrogens with one attached hydrogen (secondary N) is 3. The van der Waals surface area contributed by atoms with Gasteiger partial charge in [-0.2, -0.15) is 4.39 Å². The fraction of sp³-hybridized carbons (Fsp3) is 0.429. The highest BCUT2D eigenvalue weighted by atomic mass is 19.2. The summed E-state index contributed by atoms with van der Waals surface area (Å²) in [6, 6.07) is 6.69. The van der Waals surface area contributed by atoms with Crippen molar-refractivity contribution in [1.82, 2.24) is 5.32 Å². The number of ether oxygens (including phenoxy) is 1. The first-order chi connectivity index (χ1) is 8.87. The zero-order chi connectivity index (χ0) is 14.0. The monoisotopic (exact) mass is 263 g/mol. The zero-order valence-electron chi connectivity index (χ0n) is 11.1. The molecule has 1 aliphatic rings. The normalized spacial score (nSPS) is 15.7. The first-order valence-electron chi connectivity index (χ1n) is 6.23. The molecule has 1 fully saturated rings. The number of hydrogen-bond donors (Lipinski definition) is 3. The predicted octanol–water partition coefficient (Wildman–Crippen LogP) is 2.38. The van der Waals surface area contributed by atoms with Gasteiger partial charge in [0, 0.05) is 38.4 Å². The maximum Gasteiger partial charge on any atom is 0.242 e. The third-order valence-electron chi connectivity index (χ3n) is 2.94. The van der Waals surface area contributed by atoms with Crippen LogP contribution < -0.4 is 10.1 Å². The average molecular weight is 263 g/mol. The number of alkyl halides is 1. The highest BCUT2D eigenvalue weighted by Crippen LogP contribution is 2.21. The third-order valence-corrected chi connectivity index (χ3v) is 2.94. The minimum absolute atomic E-state index is 0.106. The van der Waals surface area contributed by atoms with Crippen LogP contribution in [0.4, 0.5) is 4.39 Å². The Bertz CT molecular complexity index is 504. The third kappa shape index (κ3) is 3.38. The van der Waals surface area contributed by atoms with Crippen molar-refractivity contribution in [3.05, 3.63) is 29.8 Å². The minimum Gasteiger partial charge on any atom is -0.459 e. The van der Waals surface area contributed by atoms with Gasteiger partial charge in [0.05, 0.1) is 11.4 Å². The van der Waals surface area contributed by atoms with E-state index in [-0.39, 0.29) is 11.6 Å². The van der Waals surface area contributed by atoms with Gasteiger partial charge < -0.3 is 15.5 Å². The second-order valence-corrected chi connectivity index (χ2v) is 5.14. The van der Waals surface area contributed by atoms with Gasteiger partial charge in [-0.15, -0.1) is 0 Å². The van der Waals surface area contributed by atoms with Crippen LogP contribution in [0.15, 0.2) is 24.3 Å².